The molecular formula is C12H16IN5. The lowest BCUT2D eigenvalue weighted by atomic mass is 10.1. The summed E-state index contributed by atoms with van der Waals surface area (Å²) in [6, 6.07) is 0.490. The topological polar surface area (TPSA) is 60.0 Å². The highest BCUT2D eigenvalue weighted by Crippen LogP contribution is 2.30. The molecule has 0 saturated carbocycles. The van der Waals surface area contributed by atoms with Crippen LogP contribution in [-0.4, -0.2) is 39.6 Å². The predicted octanol–water partition coefficient (Wildman–Crippen LogP) is 1.88. The molecule has 1 unspecified atom stereocenters. The second kappa shape index (κ2) is 4.65. The molecule has 2 aromatic rings. The van der Waals surface area contributed by atoms with Crippen molar-refractivity contribution < 1.29 is 0 Å². The molecule has 1 aliphatic rings. The van der Waals surface area contributed by atoms with Crippen molar-refractivity contribution in [2.75, 3.05) is 25.9 Å². The van der Waals surface area contributed by atoms with Gasteiger partial charge < -0.3 is 15.2 Å². The summed E-state index contributed by atoms with van der Waals surface area (Å²) >= 11 is 2.31. The normalized spacial score (nSPS) is 21.6. The van der Waals surface area contributed by atoms with E-state index in [2.05, 4.69) is 55.3 Å². The van der Waals surface area contributed by atoms with E-state index in [-0.39, 0.29) is 0 Å². The Hall–Kier alpha value is -0.890. The van der Waals surface area contributed by atoms with Crippen molar-refractivity contribution in [3.05, 3.63) is 16.1 Å². The summed E-state index contributed by atoms with van der Waals surface area (Å²) in [6.45, 7) is 2.26. The zero-order valence-electron chi connectivity index (χ0n) is 10.3. The Morgan fingerprint density at radius 3 is 3.06 bits per heavy atom. The molecule has 3 heterocycles. The standard InChI is InChI=1S/C12H16IN5/c1-17-4-2-3-8(5-17)18-6-9(13)10-11(14)15-7-16-12(10)18/h6-8H,2-5H2,1H3,(H2,14,15,16). The van der Waals surface area contributed by atoms with E-state index >= 15 is 0 Å². The number of anilines is 1. The largest absolute Gasteiger partial charge is 0.383 e. The first kappa shape index (κ1) is 12.2. The maximum atomic E-state index is 5.95. The van der Waals surface area contributed by atoms with Crippen LogP contribution in [0.25, 0.3) is 11.0 Å². The Bertz CT molecular complexity index is 579. The molecule has 0 bridgehead atoms. The number of halogens is 1. The molecule has 1 aliphatic heterocycles. The summed E-state index contributed by atoms with van der Waals surface area (Å²) in [5.41, 5.74) is 6.91. The van der Waals surface area contributed by atoms with Gasteiger partial charge in [0.1, 0.15) is 17.8 Å². The van der Waals surface area contributed by atoms with Crippen molar-refractivity contribution in [3.63, 3.8) is 0 Å². The van der Waals surface area contributed by atoms with E-state index in [9.17, 15) is 0 Å². The zero-order chi connectivity index (χ0) is 12.7. The molecule has 0 aliphatic carbocycles. The molecule has 1 fully saturated rings. The number of aromatic nitrogens is 3. The van der Waals surface area contributed by atoms with Crippen LogP contribution in [0.1, 0.15) is 18.9 Å². The van der Waals surface area contributed by atoms with Gasteiger partial charge in [0, 0.05) is 22.4 Å². The van der Waals surface area contributed by atoms with Gasteiger partial charge in [0.2, 0.25) is 0 Å². The van der Waals surface area contributed by atoms with E-state index in [0.717, 1.165) is 21.1 Å². The number of hydrogen-bond acceptors (Lipinski definition) is 4. The molecule has 5 nitrogen and oxygen atoms in total. The van der Waals surface area contributed by atoms with Crippen molar-refractivity contribution in [1.29, 1.82) is 0 Å². The highest BCUT2D eigenvalue weighted by molar-refractivity contribution is 14.1. The van der Waals surface area contributed by atoms with Gasteiger partial charge in [0.15, 0.2) is 0 Å². The highest BCUT2D eigenvalue weighted by atomic mass is 127. The van der Waals surface area contributed by atoms with Crippen LogP contribution in [0.3, 0.4) is 0 Å². The first-order valence-electron chi connectivity index (χ1n) is 6.12. The third-order valence-electron chi connectivity index (χ3n) is 3.59. The lowest BCUT2D eigenvalue weighted by Crippen LogP contribution is -2.33. The van der Waals surface area contributed by atoms with Gasteiger partial charge in [-0.05, 0) is 49.0 Å². The van der Waals surface area contributed by atoms with E-state index in [0.29, 0.717) is 11.9 Å². The third kappa shape index (κ3) is 1.97. The van der Waals surface area contributed by atoms with Crippen molar-refractivity contribution >= 4 is 39.4 Å². The number of nitrogen functional groups attached to an aromatic ring is 1. The average molecular weight is 357 g/mol. The number of nitrogens with zero attached hydrogens (tertiary/aromatic N) is 4. The van der Waals surface area contributed by atoms with Crippen LogP contribution < -0.4 is 5.73 Å². The molecule has 1 atom stereocenters. The van der Waals surface area contributed by atoms with Crippen LogP contribution in [-0.2, 0) is 0 Å². The lowest BCUT2D eigenvalue weighted by molar-refractivity contribution is 0.214. The van der Waals surface area contributed by atoms with Crippen LogP contribution in [0, 0.1) is 3.57 Å². The number of nitrogens with two attached hydrogens (primary N) is 1. The number of hydrogen-bond donors (Lipinski definition) is 1. The molecule has 1 saturated heterocycles. The number of rotatable bonds is 1. The second-order valence-electron chi connectivity index (χ2n) is 4.90. The van der Waals surface area contributed by atoms with Gasteiger partial charge in [0.05, 0.1) is 5.39 Å². The number of likely N-dealkylation sites (tertiary alicyclic amines) is 1. The molecule has 0 amide bonds. The third-order valence-corrected chi connectivity index (χ3v) is 4.40. The molecule has 2 aromatic heterocycles. The van der Waals surface area contributed by atoms with E-state index in [1.54, 1.807) is 6.33 Å². The van der Waals surface area contributed by atoms with Gasteiger partial charge >= 0.3 is 0 Å². The average Bonchev–Trinajstić information content (AvgIpc) is 2.68. The van der Waals surface area contributed by atoms with Gasteiger partial charge in [-0.25, -0.2) is 9.97 Å². The minimum Gasteiger partial charge on any atom is -0.383 e. The summed E-state index contributed by atoms with van der Waals surface area (Å²) in [7, 11) is 2.17. The maximum Gasteiger partial charge on any atom is 0.146 e. The predicted molar refractivity (Wildman–Crippen MR) is 80.4 cm³/mol. The fourth-order valence-electron chi connectivity index (χ4n) is 2.71. The second-order valence-corrected chi connectivity index (χ2v) is 6.06. The van der Waals surface area contributed by atoms with Crippen LogP contribution in [0.5, 0.6) is 0 Å². The van der Waals surface area contributed by atoms with Crippen molar-refractivity contribution in [2.24, 2.45) is 0 Å². The molecule has 2 N–H and O–H groups in total. The summed E-state index contributed by atoms with van der Waals surface area (Å²) in [4.78, 5) is 10.9. The lowest BCUT2D eigenvalue weighted by Gasteiger charge is -2.30. The van der Waals surface area contributed by atoms with Crippen LogP contribution in [0.2, 0.25) is 0 Å². The van der Waals surface area contributed by atoms with E-state index in [4.69, 9.17) is 5.73 Å². The smallest absolute Gasteiger partial charge is 0.146 e. The summed E-state index contributed by atoms with van der Waals surface area (Å²) in [6.07, 6.45) is 6.14. The number of piperidine rings is 1. The molecule has 96 valence electrons. The van der Waals surface area contributed by atoms with Crippen molar-refractivity contribution in [1.82, 2.24) is 19.4 Å². The Kier molecular flexibility index (Phi) is 3.14. The first-order valence-corrected chi connectivity index (χ1v) is 7.19. The Balaban J connectivity index is 2.09. The minimum atomic E-state index is 0.490. The van der Waals surface area contributed by atoms with Gasteiger partial charge in [-0.15, -0.1) is 0 Å². The summed E-state index contributed by atoms with van der Waals surface area (Å²) < 4.78 is 3.40. The molecule has 18 heavy (non-hydrogen) atoms. The fourth-order valence-corrected chi connectivity index (χ4v) is 3.52. The van der Waals surface area contributed by atoms with Gasteiger partial charge in [-0.1, -0.05) is 0 Å². The quantitative estimate of drug-likeness (QED) is 0.792. The fraction of sp³-hybridized carbons (Fsp3) is 0.500. The highest BCUT2D eigenvalue weighted by Gasteiger charge is 2.22. The Morgan fingerprint density at radius 1 is 1.44 bits per heavy atom. The molecule has 0 spiro atoms. The van der Waals surface area contributed by atoms with Gasteiger partial charge in [0.25, 0.3) is 0 Å². The minimum absolute atomic E-state index is 0.490. The van der Waals surface area contributed by atoms with E-state index < -0.39 is 0 Å². The SMILES string of the molecule is CN1CCCC(n2cc(I)c3c(N)ncnc32)C1. The molecule has 0 aromatic carbocycles. The number of likely N-dealkylation sites (N-methyl/N-ethyl adjacent to an activating group) is 1. The maximum absolute atomic E-state index is 5.95. The Labute approximate surface area is 120 Å². The van der Waals surface area contributed by atoms with Crippen LogP contribution in [0.4, 0.5) is 5.82 Å². The van der Waals surface area contributed by atoms with E-state index in [1.165, 1.54) is 19.4 Å². The Morgan fingerprint density at radius 2 is 2.28 bits per heavy atom. The van der Waals surface area contributed by atoms with Gasteiger partial charge in [-0.2, -0.15) is 0 Å². The monoisotopic (exact) mass is 357 g/mol. The summed E-state index contributed by atoms with van der Waals surface area (Å²) in [5, 5.41) is 0.992. The van der Waals surface area contributed by atoms with E-state index in [1.807, 2.05) is 0 Å². The van der Waals surface area contributed by atoms with Crippen LogP contribution in [0.15, 0.2) is 12.5 Å². The molecule has 6 heteroatoms. The molecular weight excluding hydrogens is 341 g/mol. The molecule has 0 radical (unpaired) electrons. The van der Waals surface area contributed by atoms with Gasteiger partial charge in [-0.3, -0.25) is 0 Å². The van der Waals surface area contributed by atoms with Crippen molar-refractivity contribution in [2.45, 2.75) is 18.9 Å². The zero-order valence-corrected chi connectivity index (χ0v) is 12.5. The summed E-state index contributed by atoms with van der Waals surface area (Å²) in [5.74, 6) is 0.576. The first-order chi connectivity index (χ1) is 8.66. The number of fused-ring (bicyclic) bond motifs is 1. The van der Waals surface area contributed by atoms with Crippen LogP contribution >= 0.6 is 22.6 Å². The van der Waals surface area contributed by atoms with Crippen molar-refractivity contribution in [3.8, 4) is 0 Å². The molecule has 3 rings (SSSR count).